The molecule has 1 aromatic carbocycles. The maximum Gasteiger partial charge on any atom is 0.500 e. The van der Waals surface area contributed by atoms with Crippen molar-refractivity contribution in [3.63, 3.8) is 0 Å². The van der Waals surface area contributed by atoms with E-state index in [1.54, 1.807) is 0 Å². The number of hydrogen-bond donors (Lipinski definition) is 0. The molecule has 0 N–H and O–H groups in total. The molecule has 0 bridgehead atoms. The van der Waals surface area contributed by atoms with Crippen LogP contribution in [0.15, 0.2) is 29.3 Å². The lowest BCUT2D eigenvalue weighted by Gasteiger charge is -2.28. The van der Waals surface area contributed by atoms with Gasteiger partial charge in [0.1, 0.15) is 5.75 Å². The fraction of sp³-hybridized carbons (Fsp3) is 0.708. The Morgan fingerprint density at radius 2 is 1.37 bits per heavy atom. The van der Waals surface area contributed by atoms with Gasteiger partial charge in [-0.05, 0) is 63.4 Å². The highest BCUT2D eigenvalue weighted by molar-refractivity contribution is 6.60. The largest absolute Gasteiger partial charge is 0.500 e. The van der Waals surface area contributed by atoms with Crippen molar-refractivity contribution in [3.8, 4) is 5.75 Å². The van der Waals surface area contributed by atoms with E-state index < -0.39 is 8.80 Å². The molecule has 0 saturated carbocycles. The van der Waals surface area contributed by atoms with Crippen LogP contribution in [0, 0.1) is 0 Å². The molecule has 0 fully saturated rings. The number of unbranched alkanes of at least 4 members (excludes halogenated alkanes) is 5. The van der Waals surface area contributed by atoms with E-state index in [1.165, 1.54) is 32.1 Å². The highest BCUT2D eigenvalue weighted by Crippen LogP contribution is 2.18. The Bertz CT molecular complexity index is 534. The zero-order chi connectivity index (χ0) is 21.9. The van der Waals surface area contributed by atoms with E-state index in [-0.39, 0.29) is 0 Å². The van der Waals surface area contributed by atoms with Crippen LogP contribution in [-0.4, -0.2) is 48.0 Å². The first-order chi connectivity index (χ1) is 14.7. The summed E-state index contributed by atoms with van der Waals surface area (Å²) in [5.74, 6) is 0.932. The fourth-order valence-corrected chi connectivity index (χ4v) is 5.87. The molecule has 0 aliphatic rings. The van der Waals surface area contributed by atoms with Crippen LogP contribution in [-0.2, 0) is 13.3 Å². The third kappa shape index (κ3) is 11.8. The summed E-state index contributed by atoms with van der Waals surface area (Å²) in [5, 5.41) is 0. The van der Waals surface area contributed by atoms with Crippen molar-refractivity contribution in [2.45, 2.75) is 78.7 Å². The van der Waals surface area contributed by atoms with Gasteiger partial charge in [-0.1, -0.05) is 39.0 Å². The number of aliphatic imine (C=N–C) groups is 1. The van der Waals surface area contributed by atoms with Crippen molar-refractivity contribution in [1.29, 1.82) is 0 Å². The van der Waals surface area contributed by atoms with Crippen LogP contribution in [0.25, 0.3) is 0 Å². The highest BCUT2D eigenvalue weighted by atomic mass is 28.4. The molecule has 0 aliphatic carbocycles. The summed E-state index contributed by atoms with van der Waals surface area (Å²) in [4.78, 5) is 4.56. The molecule has 0 amide bonds. The minimum Gasteiger partial charge on any atom is -0.494 e. The molecule has 0 atom stereocenters. The van der Waals surface area contributed by atoms with Crippen molar-refractivity contribution in [1.82, 2.24) is 0 Å². The molecule has 0 aliphatic heterocycles. The number of ether oxygens (including phenoxy) is 1. The van der Waals surface area contributed by atoms with Crippen molar-refractivity contribution in [2.75, 3.05) is 33.0 Å². The quantitative estimate of drug-likeness (QED) is 0.145. The van der Waals surface area contributed by atoms with E-state index in [2.05, 4.69) is 24.0 Å². The van der Waals surface area contributed by atoms with Gasteiger partial charge in [-0.15, -0.1) is 0 Å². The van der Waals surface area contributed by atoms with Crippen LogP contribution >= 0.6 is 0 Å². The van der Waals surface area contributed by atoms with Gasteiger partial charge in [0, 0.05) is 38.6 Å². The van der Waals surface area contributed by atoms with Crippen LogP contribution in [0.5, 0.6) is 5.75 Å². The van der Waals surface area contributed by atoms with Crippen LogP contribution in [0.1, 0.15) is 78.2 Å². The first-order valence-corrected chi connectivity index (χ1v) is 13.8. The number of rotatable bonds is 19. The molecule has 1 aromatic rings. The maximum atomic E-state index is 5.88. The molecule has 30 heavy (non-hydrogen) atoms. The predicted molar refractivity (Wildman–Crippen MR) is 128 cm³/mol. The van der Waals surface area contributed by atoms with Gasteiger partial charge in [0.05, 0.1) is 6.61 Å². The van der Waals surface area contributed by atoms with E-state index in [9.17, 15) is 0 Å². The van der Waals surface area contributed by atoms with Crippen molar-refractivity contribution >= 4 is 15.0 Å². The van der Waals surface area contributed by atoms with Crippen molar-refractivity contribution in [2.24, 2.45) is 4.99 Å². The first-order valence-electron chi connectivity index (χ1n) is 11.8. The lowest BCUT2D eigenvalue weighted by atomic mass is 10.1. The Kier molecular flexibility index (Phi) is 15.6. The molecule has 6 heteroatoms. The molecule has 0 saturated heterocycles. The SMILES string of the molecule is CCCCCCCCOc1ccc(C=NCCC[Si](OCC)(OCC)OCC)cc1. The third-order valence-corrected chi connectivity index (χ3v) is 7.90. The molecular formula is C24H43NO4Si. The molecule has 0 spiro atoms. The average Bonchev–Trinajstić information content (AvgIpc) is 2.74. The molecule has 0 unspecified atom stereocenters. The van der Waals surface area contributed by atoms with E-state index in [0.717, 1.165) is 43.4 Å². The second-order valence-corrected chi connectivity index (χ2v) is 10.0. The van der Waals surface area contributed by atoms with Gasteiger partial charge in [0.2, 0.25) is 0 Å². The average molecular weight is 438 g/mol. The second kappa shape index (κ2) is 17.5. The highest BCUT2D eigenvalue weighted by Gasteiger charge is 2.39. The summed E-state index contributed by atoms with van der Waals surface area (Å²) < 4.78 is 23.5. The summed E-state index contributed by atoms with van der Waals surface area (Å²) in [6.07, 6.45) is 10.5. The second-order valence-electron chi connectivity index (χ2n) is 7.31. The number of benzene rings is 1. The minimum absolute atomic E-state index is 0.614. The van der Waals surface area contributed by atoms with Gasteiger partial charge in [0.25, 0.3) is 0 Å². The van der Waals surface area contributed by atoms with E-state index in [1.807, 2.05) is 39.1 Å². The lowest BCUT2D eigenvalue weighted by molar-refractivity contribution is 0.0710. The van der Waals surface area contributed by atoms with Gasteiger partial charge < -0.3 is 18.0 Å². The van der Waals surface area contributed by atoms with Gasteiger partial charge >= 0.3 is 8.80 Å². The predicted octanol–water partition coefficient (Wildman–Crippen LogP) is 6.28. The molecule has 1 rings (SSSR count). The molecule has 172 valence electrons. The van der Waals surface area contributed by atoms with Crippen molar-refractivity contribution in [3.05, 3.63) is 29.8 Å². The monoisotopic (exact) mass is 437 g/mol. The van der Waals surface area contributed by atoms with Crippen LogP contribution in [0.4, 0.5) is 0 Å². The minimum atomic E-state index is -2.55. The Labute approximate surface area is 185 Å². The summed E-state index contributed by atoms with van der Waals surface area (Å²) >= 11 is 0. The molecule has 0 radical (unpaired) electrons. The van der Waals surface area contributed by atoms with Gasteiger partial charge in [-0.3, -0.25) is 4.99 Å². The number of nitrogens with zero attached hydrogens (tertiary/aromatic N) is 1. The Morgan fingerprint density at radius 1 is 0.767 bits per heavy atom. The summed E-state index contributed by atoms with van der Waals surface area (Å²) in [5.41, 5.74) is 1.09. The van der Waals surface area contributed by atoms with Gasteiger partial charge in [-0.25, -0.2) is 0 Å². The van der Waals surface area contributed by atoms with E-state index >= 15 is 0 Å². The van der Waals surface area contributed by atoms with Gasteiger partial charge in [-0.2, -0.15) is 0 Å². The fourth-order valence-electron chi connectivity index (χ4n) is 3.28. The smallest absolute Gasteiger partial charge is 0.494 e. The van der Waals surface area contributed by atoms with Crippen LogP contribution in [0.2, 0.25) is 6.04 Å². The molecule has 0 aromatic heterocycles. The maximum absolute atomic E-state index is 5.88. The van der Waals surface area contributed by atoms with Crippen LogP contribution < -0.4 is 4.74 Å². The topological polar surface area (TPSA) is 49.3 Å². The Balaban J connectivity index is 2.31. The van der Waals surface area contributed by atoms with Crippen LogP contribution in [0.3, 0.4) is 0 Å². The molecule has 5 nitrogen and oxygen atoms in total. The standard InChI is InChI=1S/C24H43NO4Si/c1-5-9-10-11-12-13-20-26-24-17-15-23(16-18-24)22-25-19-14-21-30(27-6-2,28-7-3)29-8-4/h15-18,22H,5-14,19-21H2,1-4H3. The van der Waals surface area contributed by atoms with E-state index in [0.29, 0.717) is 19.8 Å². The lowest BCUT2D eigenvalue weighted by Crippen LogP contribution is -2.46. The number of hydrogen-bond acceptors (Lipinski definition) is 5. The summed E-state index contributed by atoms with van der Waals surface area (Å²) in [7, 11) is -2.55. The summed E-state index contributed by atoms with van der Waals surface area (Å²) in [6.45, 7) is 11.6. The summed E-state index contributed by atoms with van der Waals surface area (Å²) in [6, 6.07) is 8.95. The van der Waals surface area contributed by atoms with Gasteiger partial charge in [0.15, 0.2) is 0 Å². The third-order valence-electron chi connectivity index (χ3n) is 4.75. The molecular weight excluding hydrogens is 394 g/mol. The van der Waals surface area contributed by atoms with Crippen molar-refractivity contribution < 1.29 is 18.0 Å². The zero-order valence-corrected chi connectivity index (χ0v) is 20.7. The molecule has 0 heterocycles. The zero-order valence-electron chi connectivity index (χ0n) is 19.7. The first kappa shape index (κ1) is 26.8. The Morgan fingerprint density at radius 3 is 1.97 bits per heavy atom. The Hall–Kier alpha value is -1.21. The van der Waals surface area contributed by atoms with E-state index in [4.69, 9.17) is 18.0 Å². The normalized spacial score (nSPS) is 12.0.